The van der Waals surface area contributed by atoms with Crippen molar-refractivity contribution in [3.8, 4) is 11.1 Å². The number of rotatable bonds is 4. The minimum atomic E-state index is 0.519. The van der Waals surface area contributed by atoms with E-state index in [0.29, 0.717) is 6.04 Å². The van der Waals surface area contributed by atoms with E-state index >= 15 is 0 Å². The smallest absolute Gasteiger partial charge is 0.0273 e. The average molecular weight is 240 g/mol. The molecule has 0 atom stereocenters. The van der Waals surface area contributed by atoms with E-state index < -0.39 is 0 Å². The van der Waals surface area contributed by atoms with Gasteiger partial charge in [0.15, 0.2) is 0 Å². The highest BCUT2D eigenvalue weighted by Gasteiger charge is 2.03. The van der Waals surface area contributed by atoms with Gasteiger partial charge in [-0.1, -0.05) is 32.0 Å². The summed E-state index contributed by atoms with van der Waals surface area (Å²) in [5.41, 5.74) is 5.15. The molecule has 0 unspecified atom stereocenters. The second-order valence-electron chi connectivity index (χ2n) is 4.92. The van der Waals surface area contributed by atoms with Crippen LogP contribution in [0.2, 0.25) is 0 Å². The fraction of sp³-hybridized carbons (Fsp3) is 0.312. The molecular formula is C16H20N2. The summed E-state index contributed by atoms with van der Waals surface area (Å²) >= 11 is 0. The Morgan fingerprint density at radius 1 is 1.11 bits per heavy atom. The zero-order chi connectivity index (χ0) is 13.0. The molecule has 2 aromatic rings. The van der Waals surface area contributed by atoms with Crippen LogP contribution in [0.15, 0.2) is 42.7 Å². The van der Waals surface area contributed by atoms with Crippen LogP contribution < -0.4 is 5.32 Å². The molecule has 1 heterocycles. The lowest BCUT2D eigenvalue weighted by molar-refractivity contribution is 0.589. The van der Waals surface area contributed by atoms with Crippen LogP contribution in [0, 0.1) is 6.92 Å². The van der Waals surface area contributed by atoms with Gasteiger partial charge in [-0.2, -0.15) is 0 Å². The molecule has 0 bridgehead atoms. The van der Waals surface area contributed by atoms with Crippen LogP contribution in [0.5, 0.6) is 0 Å². The average Bonchev–Trinajstić information content (AvgIpc) is 2.37. The van der Waals surface area contributed by atoms with Crippen LogP contribution in [0.3, 0.4) is 0 Å². The van der Waals surface area contributed by atoms with Gasteiger partial charge in [0.25, 0.3) is 0 Å². The Kier molecular flexibility index (Phi) is 4.11. The van der Waals surface area contributed by atoms with E-state index in [4.69, 9.17) is 0 Å². The van der Waals surface area contributed by atoms with Gasteiger partial charge < -0.3 is 5.32 Å². The second kappa shape index (κ2) is 5.78. The van der Waals surface area contributed by atoms with Gasteiger partial charge in [0.05, 0.1) is 0 Å². The second-order valence-corrected chi connectivity index (χ2v) is 4.92. The normalized spacial score (nSPS) is 10.9. The Balaban J connectivity index is 2.20. The third kappa shape index (κ3) is 3.17. The van der Waals surface area contributed by atoms with Crippen LogP contribution in [0.1, 0.15) is 25.0 Å². The molecule has 0 spiro atoms. The standard InChI is InChI=1S/C16H20N2/c1-12(2)18-11-14-4-5-16(13(3)10-14)15-6-8-17-9-7-15/h4-10,12,18H,11H2,1-3H3. The van der Waals surface area contributed by atoms with Crippen LogP contribution >= 0.6 is 0 Å². The zero-order valence-corrected chi connectivity index (χ0v) is 11.3. The largest absolute Gasteiger partial charge is 0.310 e. The van der Waals surface area contributed by atoms with Gasteiger partial charge in [0.2, 0.25) is 0 Å². The minimum absolute atomic E-state index is 0.519. The Bertz CT molecular complexity index is 504. The zero-order valence-electron chi connectivity index (χ0n) is 11.3. The summed E-state index contributed by atoms with van der Waals surface area (Å²) in [5.74, 6) is 0. The predicted molar refractivity (Wildman–Crippen MR) is 76.4 cm³/mol. The van der Waals surface area contributed by atoms with Crippen molar-refractivity contribution in [3.05, 3.63) is 53.9 Å². The van der Waals surface area contributed by atoms with Crippen LogP contribution in [0.4, 0.5) is 0 Å². The van der Waals surface area contributed by atoms with E-state index in [1.165, 1.54) is 22.3 Å². The van der Waals surface area contributed by atoms with Crippen molar-refractivity contribution >= 4 is 0 Å². The van der Waals surface area contributed by atoms with E-state index in [-0.39, 0.29) is 0 Å². The van der Waals surface area contributed by atoms with E-state index in [1.807, 2.05) is 24.5 Å². The maximum Gasteiger partial charge on any atom is 0.0273 e. The van der Waals surface area contributed by atoms with Crippen molar-refractivity contribution in [1.82, 2.24) is 10.3 Å². The highest BCUT2D eigenvalue weighted by atomic mass is 14.9. The van der Waals surface area contributed by atoms with Gasteiger partial charge in [-0.15, -0.1) is 0 Å². The van der Waals surface area contributed by atoms with Crippen LogP contribution in [-0.4, -0.2) is 11.0 Å². The van der Waals surface area contributed by atoms with E-state index in [1.54, 1.807) is 0 Å². The molecule has 0 saturated carbocycles. The number of aromatic nitrogens is 1. The highest BCUT2D eigenvalue weighted by Crippen LogP contribution is 2.23. The molecule has 1 aromatic heterocycles. The third-order valence-electron chi connectivity index (χ3n) is 3.00. The van der Waals surface area contributed by atoms with E-state index in [9.17, 15) is 0 Å². The van der Waals surface area contributed by atoms with E-state index in [0.717, 1.165) is 6.54 Å². The summed E-state index contributed by atoms with van der Waals surface area (Å²) in [6, 6.07) is 11.3. The Hall–Kier alpha value is -1.67. The molecular weight excluding hydrogens is 220 g/mol. The topological polar surface area (TPSA) is 24.9 Å². The van der Waals surface area contributed by atoms with Crippen molar-refractivity contribution < 1.29 is 0 Å². The number of hydrogen-bond acceptors (Lipinski definition) is 2. The van der Waals surface area contributed by atoms with Gasteiger partial charge in [0.1, 0.15) is 0 Å². The molecule has 2 rings (SSSR count). The van der Waals surface area contributed by atoms with Gasteiger partial charge >= 0.3 is 0 Å². The van der Waals surface area contributed by atoms with Crippen molar-refractivity contribution in [2.75, 3.05) is 0 Å². The summed E-state index contributed by atoms with van der Waals surface area (Å²) in [6.07, 6.45) is 3.67. The Morgan fingerprint density at radius 3 is 2.44 bits per heavy atom. The summed E-state index contributed by atoms with van der Waals surface area (Å²) in [4.78, 5) is 4.06. The maximum absolute atomic E-state index is 4.06. The number of pyridine rings is 1. The molecule has 0 fully saturated rings. The molecule has 2 nitrogen and oxygen atoms in total. The van der Waals surface area contributed by atoms with Gasteiger partial charge in [-0.25, -0.2) is 0 Å². The first kappa shape index (κ1) is 12.8. The summed E-state index contributed by atoms with van der Waals surface area (Å²) < 4.78 is 0. The lowest BCUT2D eigenvalue weighted by atomic mass is 9.99. The fourth-order valence-corrected chi connectivity index (χ4v) is 2.01. The molecule has 0 amide bonds. The van der Waals surface area contributed by atoms with Gasteiger partial charge in [0, 0.05) is 25.0 Å². The van der Waals surface area contributed by atoms with Crippen LogP contribution in [0.25, 0.3) is 11.1 Å². The molecule has 0 aliphatic heterocycles. The van der Waals surface area contributed by atoms with Crippen molar-refractivity contribution in [1.29, 1.82) is 0 Å². The predicted octanol–water partition coefficient (Wildman–Crippen LogP) is 3.56. The number of nitrogens with one attached hydrogen (secondary N) is 1. The summed E-state index contributed by atoms with van der Waals surface area (Å²) in [5, 5.41) is 3.44. The number of hydrogen-bond donors (Lipinski definition) is 1. The molecule has 18 heavy (non-hydrogen) atoms. The molecule has 0 radical (unpaired) electrons. The number of benzene rings is 1. The maximum atomic E-state index is 4.06. The van der Waals surface area contributed by atoms with Crippen molar-refractivity contribution in [2.45, 2.75) is 33.4 Å². The minimum Gasteiger partial charge on any atom is -0.310 e. The quantitative estimate of drug-likeness (QED) is 0.884. The lowest BCUT2D eigenvalue weighted by Crippen LogP contribution is -2.21. The molecule has 94 valence electrons. The lowest BCUT2D eigenvalue weighted by Gasteiger charge is -2.11. The molecule has 0 saturated heterocycles. The van der Waals surface area contributed by atoms with Crippen LogP contribution in [-0.2, 0) is 6.54 Å². The molecule has 2 heteroatoms. The third-order valence-corrected chi connectivity index (χ3v) is 3.00. The first-order valence-electron chi connectivity index (χ1n) is 6.40. The van der Waals surface area contributed by atoms with Gasteiger partial charge in [-0.3, -0.25) is 4.98 Å². The fourth-order valence-electron chi connectivity index (χ4n) is 2.01. The summed E-state index contributed by atoms with van der Waals surface area (Å²) in [6.45, 7) is 7.42. The SMILES string of the molecule is Cc1cc(CNC(C)C)ccc1-c1ccncc1. The van der Waals surface area contributed by atoms with Crippen molar-refractivity contribution in [3.63, 3.8) is 0 Å². The molecule has 1 aromatic carbocycles. The van der Waals surface area contributed by atoms with Gasteiger partial charge in [-0.05, 0) is 41.3 Å². The number of nitrogens with zero attached hydrogens (tertiary/aromatic N) is 1. The summed E-state index contributed by atoms with van der Waals surface area (Å²) in [7, 11) is 0. The molecule has 0 aliphatic rings. The molecule has 0 aliphatic carbocycles. The van der Waals surface area contributed by atoms with Crippen molar-refractivity contribution in [2.24, 2.45) is 0 Å². The first-order chi connectivity index (χ1) is 8.66. The highest BCUT2D eigenvalue weighted by molar-refractivity contribution is 5.66. The monoisotopic (exact) mass is 240 g/mol. The van der Waals surface area contributed by atoms with E-state index in [2.05, 4.69) is 49.3 Å². The molecule has 1 N–H and O–H groups in total. The first-order valence-corrected chi connectivity index (χ1v) is 6.40. The Morgan fingerprint density at radius 2 is 1.83 bits per heavy atom. The Labute approximate surface area is 109 Å². The number of aryl methyl sites for hydroxylation is 1.